The van der Waals surface area contributed by atoms with Crippen molar-refractivity contribution < 1.29 is 9.15 Å². The van der Waals surface area contributed by atoms with E-state index in [1.165, 1.54) is 0 Å². The lowest BCUT2D eigenvalue weighted by molar-refractivity contribution is 0.121. The van der Waals surface area contributed by atoms with Gasteiger partial charge in [-0.3, -0.25) is 4.90 Å². The molecule has 1 aromatic heterocycles. The summed E-state index contributed by atoms with van der Waals surface area (Å²) in [6.45, 7) is 9.30. The molecule has 28 heavy (non-hydrogen) atoms. The third-order valence-electron chi connectivity index (χ3n) is 5.38. The Morgan fingerprint density at radius 1 is 0.964 bits per heavy atom. The zero-order valence-electron chi connectivity index (χ0n) is 16.3. The lowest BCUT2D eigenvalue weighted by Crippen LogP contribution is -2.47. The van der Waals surface area contributed by atoms with Crippen LogP contribution in [0.1, 0.15) is 6.92 Å². The van der Waals surface area contributed by atoms with Gasteiger partial charge in [-0.2, -0.15) is 0 Å². The first-order chi connectivity index (χ1) is 13.7. The number of hydrogen-bond donors (Lipinski definition) is 0. The van der Waals surface area contributed by atoms with E-state index in [4.69, 9.17) is 9.15 Å². The Morgan fingerprint density at radius 2 is 1.71 bits per heavy atom. The fourth-order valence-corrected chi connectivity index (χ4v) is 3.62. The van der Waals surface area contributed by atoms with Crippen molar-refractivity contribution in [1.29, 1.82) is 0 Å². The van der Waals surface area contributed by atoms with Crippen molar-refractivity contribution in [2.75, 3.05) is 45.9 Å². The van der Waals surface area contributed by atoms with E-state index in [0.29, 0.717) is 17.8 Å². The highest BCUT2D eigenvalue weighted by Gasteiger charge is 2.15. The van der Waals surface area contributed by atoms with Crippen molar-refractivity contribution in [2.45, 2.75) is 6.92 Å². The van der Waals surface area contributed by atoms with Gasteiger partial charge in [-0.25, -0.2) is 4.79 Å². The quantitative estimate of drug-likeness (QED) is 0.615. The van der Waals surface area contributed by atoms with Gasteiger partial charge in [0.25, 0.3) is 0 Å². The smallest absolute Gasteiger partial charge is 0.344 e. The molecule has 2 heterocycles. The molecule has 0 bridgehead atoms. The molecular weight excluding hydrogens is 352 g/mol. The molecule has 0 spiro atoms. The molecule has 1 saturated heterocycles. The Kier molecular flexibility index (Phi) is 5.74. The van der Waals surface area contributed by atoms with Gasteiger partial charge >= 0.3 is 5.63 Å². The summed E-state index contributed by atoms with van der Waals surface area (Å²) in [5, 5.41) is 0.890. The van der Waals surface area contributed by atoms with Crippen molar-refractivity contribution in [2.24, 2.45) is 0 Å². The van der Waals surface area contributed by atoms with E-state index >= 15 is 0 Å². The van der Waals surface area contributed by atoms with Gasteiger partial charge in [0.2, 0.25) is 0 Å². The summed E-state index contributed by atoms with van der Waals surface area (Å²) in [7, 11) is 0. The molecule has 5 heteroatoms. The second kappa shape index (κ2) is 8.59. The summed E-state index contributed by atoms with van der Waals surface area (Å²) >= 11 is 0. The molecule has 3 aromatic rings. The zero-order chi connectivity index (χ0) is 19.3. The summed E-state index contributed by atoms with van der Waals surface area (Å²) in [6, 6.07) is 17.2. The topological polar surface area (TPSA) is 45.9 Å². The number of likely N-dealkylation sites (N-methyl/N-ethyl adjacent to an activating group) is 1. The first-order valence-corrected chi connectivity index (χ1v) is 9.94. The monoisotopic (exact) mass is 378 g/mol. The minimum atomic E-state index is -0.329. The number of rotatable bonds is 6. The van der Waals surface area contributed by atoms with Gasteiger partial charge in [-0.05, 0) is 30.3 Å². The summed E-state index contributed by atoms with van der Waals surface area (Å²) in [5.41, 5.74) is 1.66. The van der Waals surface area contributed by atoms with E-state index in [0.717, 1.165) is 56.0 Å². The summed E-state index contributed by atoms with van der Waals surface area (Å²) < 4.78 is 11.5. The van der Waals surface area contributed by atoms with E-state index in [9.17, 15) is 4.79 Å². The van der Waals surface area contributed by atoms with Crippen molar-refractivity contribution in [3.8, 4) is 16.9 Å². The Labute approximate surface area is 165 Å². The predicted molar refractivity (Wildman–Crippen MR) is 112 cm³/mol. The highest BCUT2D eigenvalue weighted by atomic mass is 16.5. The maximum atomic E-state index is 12.4. The van der Waals surface area contributed by atoms with Gasteiger partial charge in [-0.15, -0.1) is 0 Å². The van der Waals surface area contributed by atoms with Crippen LogP contribution in [0.4, 0.5) is 0 Å². The number of benzene rings is 2. The van der Waals surface area contributed by atoms with Gasteiger partial charge in [0.05, 0.1) is 5.56 Å². The molecule has 2 aromatic carbocycles. The molecule has 0 unspecified atom stereocenters. The minimum absolute atomic E-state index is 0.329. The van der Waals surface area contributed by atoms with E-state index in [1.54, 1.807) is 6.07 Å². The second-order valence-electron chi connectivity index (χ2n) is 7.14. The van der Waals surface area contributed by atoms with E-state index in [2.05, 4.69) is 16.7 Å². The molecule has 1 aliphatic heterocycles. The zero-order valence-corrected chi connectivity index (χ0v) is 16.3. The predicted octanol–water partition coefficient (Wildman–Crippen LogP) is 3.48. The van der Waals surface area contributed by atoms with E-state index in [1.807, 2.05) is 48.5 Å². The summed E-state index contributed by atoms with van der Waals surface area (Å²) in [5.74, 6) is 0.732. The number of hydrogen-bond acceptors (Lipinski definition) is 5. The Bertz CT molecular complexity index is 976. The highest BCUT2D eigenvalue weighted by Crippen LogP contribution is 2.24. The molecule has 1 fully saturated rings. The van der Waals surface area contributed by atoms with Crippen LogP contribution in [0, 0.1) is 0 Å². The van der Waals surface area contributed by atoms with Crippen LogP contribution in [-0.2, 0) is 0 Å². The molecule has 0 atom stereocenters. The lowest BCUT2D eigenvalue weighted by atomic mass is 10.1. The minimum Gasteiger partial charge on any atom is -0.492 e. The SMILES string of the molecule is CCN1CCN(CCOc2ccc3cc(-c4ccccc4)c(=O)oc3c2)CC1. The molecule has 0 saturated carbocycles. The molecule has 4 rings (SSSR count). The molecule has 1 aliphatic rings. The lowest BCUT2D eigenvalue weighted by Gasteiger charge is -2.33. The second-order valence-corrected chi connectivity index (χ2v) is 7.14. The number of nitrogens with zero attached hydrogens (tertiary/aromatic N) is 2. The van der Waals surface area contributed by atoms with Crippen LogP contribution < -0.4 is 10.4 Å². The normalized spacial score (nSPS) is 15.8. The van der Waals surface area contributed by atoms with Crippen LogP contribution in [0.5, 0.6) is 5.75 Å². The summed E-state index contributed by atoms with van der Waals surface area (Å²) in [4.78, 5) is 17.3. The average Bonchev–Trinajstić information content (AvgIpc) is 2.74. The van der Waals surface area contributed by atoms with Gasteiger partial charge in [0.15, 0.2) is 0 Å². The van der Waals surface area contributed by atoms with Crippen LogP contribution in [0.2, 0.25) is 0 Å². The van der Waals surface area contributed by atoms with Gasteiger partial charge in [-0.1, -0.05) is 37.3 Å². The molecule has 0 radical (unpaired) electrons. The van der Waals surface area contributed by atoms with Crippen molar-refractivity contribution >= 4 is 11.0 Å². The summed E-state index contributed by atoms with van der Waals surface area (Å²) in [6.07, 6.45) is 0. The third kappa shape index (κ3) is 4.26. The molecule has 0 amide bonds. The first-order valence-electron chi connectivity index (χ1n) is 9.94. The van der Waals surface area contributed by atoms with Crippen LogP contribution in [0.3, 0.4) is 0 Å². The van der Waals surface area contributed by atoms with E-state index in [-0.39, 0.29) is 5.63 Å². The number of piperazine rings is 1. The van der Waals surface area contributed by atoms with Crippen molar-refractivity contribution in [3.05, 3.63) is 65.0 Å². The Hall–Kier alpha value is -2.63. The molecule has 0 N–H and O–H groups in total. The maximum Gasteiger partial charge on any atom is 0.344 e. The molecule has 5 nitrogen and oxygen atoms in total. The average molecular weight is 378 g/mol. The third-order valence-corrected chi connectivity index (χ3v) is 5.38. The van der Waals surface area contributed by atoms with Gasteiger partial charge in [0, 0.05) is 44.2 Å². The fourth-order valence-electron chi connectivity index (χ4n) is 3.62. The van der Waals surface area contributed by atoms with Crippen LogP contribution >= 0.6 is 0 Å². The Morgan fingerprint density at radius 3 is 2.46 bits per heavy atom. The van der Waals surface area contributed by atoms with Crippen LogP contribution in [0.15, 0.2) is 63.8 Å². The molecule has 0 aliphatic carbocycles. The Balaban J connectivity index is 1.41. The fraction of sp³-hybridized carbons (Fsp3) is 0.348. The number of ether oxygens (including phenoxy) is 1. The first kappa shape index (κ1) is 18.7. The molecule has 146 valence electrons. The van der Waals surface area contributed by atoms with E-state index < -0.39 is 0 Å². The maximum absolute atomic E-state index is 12.4. The van der Waals surface area contributed by atoms with Crippen LogP contribution in [0.25, 0.3) is 22.1 Å². The van der Waals surface area contributed by atoms with Gasteiger partial charge < -0.3 is 14.1 Å². The largest absolute Gasteiger partial charge is 0.492 e. The highest BCUT2D eigenvalue weighted by molar-refractivity contribution is 5.82. The van der Waals surface area contributed by atoms with Crippen molar-refractivity contribution in [3.63, 3.8) is 0 Å². The van der Waals surface area contributed by atoms with Gasteiger partial charge in [0.1, 0.15) is 17.9 Å². The standard InChI is InChI=1S/C23H26N2O3/c1-2-24-10-12-25(13-11-24)14-15-27-20-9-8-19-16-21(18-6-4-3-5-7-18)23(26)28-22(19)17-20/h3-9,16-17H,2,10-15H2,1H3. The number of fused-ring (bicyclic) bond motifs is 1. The van der Waals surface area contributed by atoms with Crippen LogP contribution in [-0.4, -0.2) is 55.7 Å². The van der Waals surface area contributed by atoms with Crippen molar-refractivity contribution in [1.82, 2.24) is 9.80 Å². The molecular formula is C23H26N2O3.